The summed E-state index contributed by atoms with van der Waals surface area (Å²) in [7, 11) is 3.81. The van der Waals surface area contributed by atoms with E-state index < -0.39 is 0 Å². The molecule has 0 N–H and O–H groups in total. The van der Waals surface area contributed by atoms with Gasteiger partial charge < -0.3 is 4.74 Å². The highest BCUT2D eigenvalue weighted by Gasteiger charge is 2.12. The van der Waals surface area contributed by atoms with Crippen LogP contribution in [0.3, 0.4) is 0 Å². The Morgan fingerprint density at radius 3 is 1.91 bits per heavy atom. The zero-order valence-electron chi connectivity index (χ0n) is 16.2. The highest BCUT2D eigenvalue weighted by Crippen LogP contribution is 2.12. The van der Waals surface area contributed by atoms with Gasteiger partial charge in [0, 0.05) is 5.57 Å². The minimum atomic E-state index is -0.196. The molecule has 0 saturated carbocycles. The van der Waals surface area contributed by atoms with Gasteiger partial charge in [0.15, 0.2) is 6.23 Å². The summed E-state index contributed by atoms with van der Waals surface area (Å²) in [6.07, 6.45) is 16.3. The monoisotopic (exact) mass is 325 g/mol. The zero-order valence-corrected chi connectivity index (χ0v) is 16.2. The van der Waals surface area contributed by atoms with Gasteiger partial charge in [0.1, 0.15) is 0 Å². The minimum absolute atomic E-state index is 0.178. The van der Waals surface area contributed by atoms with E-state index in [1.54, 1.807) is 0 Å². The lowest BCUT2D eigenvalue weighted by Gasteiger charge is -2.19. The van der Waals surface area contributed by atoms with Crippen molar-refractivity contribution in [3.63, 3.8) is 0 Å². The van der Waals surface area contributed by atoms with Crippen molar-refractivity contribution in [3.05, 3.63) is 11.6 Å². The summed E-state index contributed by atoms with van der Waals surface area (Å²) in [5.74, 6) is -0.196. The third kappa shape index (κ3) is 13.3. The quantitative estimate of drug-likeness (QED) is 0.178. The van der Waals surface area contributed by atoms with E-state index in [2.05, 4.69) is 6.92 Å². The van der Waals surface area contributed by atoms with Crippen molar-refractivity contribution in [1.82, 2.24) is 4.90 Å². The Morgan fingerprint density at radius 1 is 0.957 bits per heavy atom. The molecule has 0 aromatic heterocycles. The van der Waals surface area contributed by atoms with Crippen LogP contribution in [0.15, 0.2) is 11.6 Å². The lowest BCUT2D eigenvalue weighted by Crippen LogP contribution is -2.30. The molecule has 0 bridgehead atoms. The van der Waals surface area contributed by atoms with Gasteiger partial charge in [-0.25, -0.2) is 4.79 Å². The van der Waals surface area contributed by atoms with Gasteiger partial charge in [-0.15, -0.1) is 0 Å². The van der Waals surface area contributed by atoms with Crippen LogP contribution in [-0.4, -0.2) is 31.2 Å². The molecule has 0 aliphatic carbocycles. The summed E-state index contributed by atoms with van der Waals surface area (Å²) in [6.45, 7) is 5.99. The van der Waals surface area contributed by atoms with Gasteiger partial charge in [-0.05, 0) is 40.8 Å². The molecule has 0 saturated heterocycles. The van der Waals surface area contributed by atoms with Crippen LogP contribution in [0.5, 0.6) is 0 Å². The van der Waals surface area contributed by atoms with Crippen molar-refractivity contribution >= 4 is 5.97 Å². The van der Waals surface area contributed by atoms with E-state index in [9.17, 15) is 4.79 Å². The Bertz CT molecular complexity index is 324. The van der Waals surface area contributed by atoms with E-state index in [1.165, 1.54) is 64.2 Å². The number of carbonyl (C=O) groups excluding carboxylic acids is 1. The van der Waals surface area contributed by atoms with Gasteiger partial charge in [0.25, 0.3) is 0 Å². The molecule has 0 heterocycles. The first-order valence-electron chi connectivity index (χ1n) is 9.53. The molecule has 0 aliphatic heterocycles. The highest BCUT2D eigenvalue weighted by atomic mass is 16.6. The molecule has 0 aromatic carbocycles. The second-order valence-corrected chi connectivity index (χ2v) is 6.83. The summed E-state index contributed by atoms with van der Waals surface area (Å²) in [4.78, 5) is 13.7. The summed E-state index contributed by atoms with van der Waals surface area (Å²) in [6, 6.07) is 0. The molecule has 23 heavy (non-hydrogen) atoms. The van der Waals surface area contributed by atoms with Crippen molar-refractivity contribution in [1.29, 1.82) is 0 Å². The maximum atomic E-state index is 11.9. The van der Waals surface area contributed by atoms with Crippen molar-refractivity contribution in [2.75, 3.05) is 14.1 Å². The van der Waals surface area contributed by atoms with E-state index in [0.717, 1.165) is 12.0 Å². The SMILES string of the molecule is CCCCCCCCCCCCC=C(C)C(=O)OC(C)N(C)C. The van der Waals surface area contributed by atoms with E-state index in [4.69, 9.17) is 4.74 Å². The maximum absolute atomic E-state index is 11.9. The average Bonchev–Trinajstić information content (AvgIpc) is 2.52. The highest BCUT2D eigenvalue weighted by molar-refractivity contribution is 5.87. The van der Waals surface area contributed by atoms with Gasteiger partial charge in [0.2, 0.25) is 0 Å². The van der Waals surface area contributed by atoms with Crippen LogP contribution in [0, 0.1) is 0 Å². The van der Waals surface area contributed by atoms with Crippen molar-refractivity contribution < 1.29 is 9.53 Å². The molecule has 0 amide bonds. The predicted octanol–water partition coefficient (Wildman–Crippen LogP) is 5.69. The first-order chi connectivity index (χ1) is 11.0. The van der Waals surface area contributed by atoms with Crippen LogP contribution < -0.4 is 0 Å². The summed E-state index contributed by atoms with van der Waals surface area (Å²) < 4.78 is 5.34. The first-order valence-corrected chi connectivity index (χ1v) is 9.53. The number of esters is 1. The molecule has 0 fully saturated rings. The maximum Gasteiger partial charge on any atom is 0.334 e. The van der Waals surface area contributed by atoms with Crippen molar-refractivity contribution in [2.24, 2.45) is 0 Å². The fraction of sp³-hybridized carbons (Fsp3) is 0.850. The topological polar surface area (TPSA) is 29.5 Å². The number of hydrogen-bond donors (Lipinski definition) is 0. The number of hydrogen-bond acceptors (Lipinski definition) is 3. The summed E-state index contributed by atoms with van der Waals surface area (Å²) in [5, 5.41) is 0. The van der Waals surface area contributed by atoms with Crippen LogP contribution in [0.25, 0.3) is 0 Å². The molecule has 0 rings (SSSR count). The third-order valence-electron chi connectivity index (χ3n) is 4.33. The Kier molecular flexibility index (Phi) is 14.2. The molecule has 0 aliphatic rings. The number of ether oxygens (including phenoxy) is 1. The number of nitrogens with zero attached hydrogens (tertiary/aromatic N) is 1. The van der Waals surface area contributed by atoms with Crippen LogP contribution >= 0.6 is 0 Å². The molecular weight excluding hydrogens is 286 g/mol. The Labute approximate surface area is 144 Å². The molecule has 3 nitrogen and oxygen atoms in total. The lowest BCUT2D eigenvalue weighted by molar-refractivity contribution is -0.150. The van der Waals surface area contributed by atoms with Gasteiger partial charge in [-0.2, -0.15) is 0 Å². The fourth-order valence-corrected chi connectivity index (χ4v) is 2.39. The lowest BCUT2D eigenvalue weighted by atomic mass is 10.1. The molecule has 0 spiro atoms. The molecule has 136 valence electrons. The number of allylic oxidation sites excluding steroid dienone is 1. The summed E-state index contributed by atoms with van der Waals surface area (Å²) in [5.41, 5.74) is 0.731. The van der Waals surface area contributed by atoms with Crippen LogP contribution in [-0.2, 0) is 9.53 Å². The van der Waals surface area contributed by atoms with Gasteiger partial charge in [-0.1, -0.05) is 70.8 Å². The number of carbonyl (C=O) groups is 1. The molecule has 3 heteroatoms. The van der Waals surface area contributed by atoms with E-state index in [0.29, 0.717) is 0 Å². The van der Waals surface area contributed by atoms with Crippen LogP contribution in [0.2, 0.25) is 0 Å². The summed E-state index contributed by atoms with van der Waals surface area (Å²) >= 11 is 0. The second kappa shape index (κ2) is 14.7. The Balaban J connectivity index is 3.56. The molecule has 1 atom stereocenters. The fourth-order valence-electron chi connectivity index (χ4n) is 2.39. The van der Waals surface area contributed by atoms with Crippen LogP contribution in [0.1, 0.15) is 91.4 Å². The molecular formula is C20H39NO2. The Morgan fingerprint density at radius 2 is 1.43 bits per heavy atom. The first kappa shape index (κ1) is 22.2. The second-order valence-electron chi connectivity index (χ2n) is 6.83. The third-order valence-corrected chi connectivity index (χ3v) is 4.33. The molecule has 0 aromatic rings. The van der Waals surface area contributed by atoms with Crippen LogP contribution in [0.4, 0.5) is 0 Å². The van der Waals surface area contributed by atoms with Gasteiger partial charge in [0.05, 0.1) is 0 Å². The van der Waals surface area contributed by atoms with Gasteiger partial charge in [-0.3, -0.25) is 4.90 Å². The number of unbranched alkanes of at least 4 members (excludes halogenated alkanes) is 10. The van der Waals surface area contributed by atoms with E-state index in [1.807, 2.05) is 38.9 Å². The minimum Gasteiger partial charge on any atom is -0.443 e. The van der Waals surface area contributed by atoms with Gasteiger partial charge >= 0.3 is 5.97 Å². The molecule has 0 radical (unpaired) electrons. The standard InChI is InChI=1S/C20H39NO2/c1-6-7-8-9-10-11-12-13-14-15-16-17-18(2)20(22)23-19(3)21(4)5/h17,19H,6-16H2,1-5H3. The van der Waals surface area contributed by atoms with E-state index >= 15 is 0 Å². The average molecular weight is 326 g/mol. The Hall–Kier alpha value is -0.830. The van der Waals surface area contributed by atoms with Crippen molar-refractivity contribution in [2.45, 2.75) is 97.6 Å². The largest absolute Gasteiger partial charge is 0.443 e. The zero-order chi connectivity index (χ0) is 17.5. The number of rotatable bonds is 14. The normalized spacial score (nSPS) is 13.4. The van der Waals surface area contributed by atoms with E-state index in [-0.39, 0.29) is 12.2 Å². The predicted molar refractivity (Wildman–Crippen MR) is 99.5 cm³/mol. The van der Waals surface area contributed by atoms with Crippen molar-refractivity contribution in [3.8, 4) is 0 Å². The smallest absolute Gasteiger partial charge is 0.334 e. The molecule has 1 unspecified atom stereocenters.